The fraction of sp³-hybridized carbons (Fsp3) is 0.541. The molecular weight excluding hydrogens is 1150 g/mol. The summed E-state index contributed by atoms with van der Waals surface area (Å²) >= 11 is 0. The summed E-state index contributed by atoms with van der Waals surface area (Å²) in [5, 5.41) is 65.5. The molecule has 0 aliphatic carbocycles. The van der Waals surface area contributed by atoms with Crippen LogP contribution in [-0.4, -0.2) is 193 Å². The number of phosphoric ester groups is 3. The van der Waals surface area contributed by atoms with Crippen molar-refractivity contribution in [3.8, 4) is 0 Å². The number of rotatable bonds is 20. The van der Waals surface area contributed by atoms with E-state index < -0.39 is 182 Å². The van der Waals surface area contributed by atoms with E-state index in [0.717, 1.165) is 47.7 Å². The van der Waals surface area contributed by atoms with Gasteiger partial charge in [-0.2, -0.15) is 9.97 Å². The Morgan fingerprint density at radius 3 is 1.46 bits per heavy atom. The Hall–Kier alpha value is -5.88. The molecule has 9 rings (SSSR count). The van der Waals surface area contributed by atoms with Crippen LogP contribution in [0.3, 0.4) is 0 Å². The molecule has 4 aliphatic heterocycles. The van der Waals surface area contributed by atoms with Gasteiger partial charge in [0.15, 0.2) is 36.1 Å². The van der Waals surface area contributed by atoms with Crippen LogP contribution in [0.5, 0.6) is 0 Å². The summed E-state index contributed by atoms with van der Waals surface area (Å²) in [6.07, 6.45) is -27.2. The number of aromatic nitrogens is 10. The first-order valence-electron chi connectivity index (χ1n) is 22.9. The number of anilines is 2. The van der Waals surface area contributed by atoms with Gasteiger partial charge in [-0.25, -0.2) is 33.1 Å². The Bertz CT molecular complexity index is 3630. The number of aromatic amines is 3. The molecule has 19 atom stereocenters. The SMILES string of the molecule is Nc1ccn([C@@H]2O[C@H](COP(=O)(O)O[C@H]3[C@@H](O)[C@H](n4cnc5c(=O)[nH]c(N)nc54)O[C@@H]3CO)[C@@H](OP(=O)(O)OC[C@H]3O[C@@H](n4ccc(=O)[nH]c4=O)[C@H](O)[C@@H]3OP(=O)(O)OC[C@H]3O[C@@H](n4ccc(=O)[nH]c4=O)[C@H](O)[C@@H]3O)[C@H]2O)c(=O)n1. The van der Waals surface area contributed by atoms with E-state index in [1.807, 2.05) is 9.97 Å². The highest BCUT2D eigenvalue weighted by molar-refractivity contribution is 7.48. The molecule has 5 aromatic heterocycles. The third-order valence-electron chi connectivity index (χ3n) is 12.5. The summed E-state index contributed by atoms with van der Waals surface area (Å²) in [5.41, 5.74) is 4.83. The van der Waals surface area contributed by atoms with Crippen LogP contribution in [0.25, 0.3) is 11.2 Å². The third kappa shape index (κ3) is 12.2. The summed E-state index contributed by atoms with van der Waals surface area (Å²) in [6, 6.07) is 2.77. The van der Waals surface area contributed by atoms with Crippen LogP contribution in [0.4, 0.5) is 11.8 Å². The Morgan fingerprint density at radius 2 is 0.975 bits per heavy atom. The second kappa shape index (κ2) is 22.8. The molecule has 0 saturated carbocycles. The number of aliphatic hydroxyl groups is 6. The highest BCUT2D eigenvalue weighted by atomic mass is 31.2. The van der Waals surface area contributed by atoms with Gasteiger partial charge in [0.25, 0.3) is 16.7 Å². The van der Waals surface area contributed by atoms with Gasteiger partial charge < -0.3 is 75.7 Å². The molecule has 80 heavy (non-hydrogen) atoms. The van der Waals surface area contributed by atoms with Crippen molar-refractivity contribution in [1.82, 2.24) is 48.2 Å². The molecular formula is C37H47N12O28P3. The molecule has 40 nitrogen and oxygen atoms in total. The zero-order valence-corrected chi connectivity index (χ0v) is 42.7. The Morgan fingerprint density at radius 1 is 0.550 bits per heavy atom. The van der Waals surface area contributed by atoms with Crippen LogP contribution >= 0.6 is 23.5 Å². The van der Waals surface area contributed by atoms with Crippen molar-refractivity contribution >= 4 is 46.4 Å². The van der Waals surface area contributed by atoms with Crippen molar-refractivity contribution in [3.05, 3.63) is 106 Å². The van der Waals surface area contributed by atoms with Crippen LogP contribution in [0.1, 0.15) is 24.9 Å². The van der Waals surface area contributed by atoms with E-state index in [1.54, 1.807) is 0 Å². The molecule has 0 bridgehead atoms. The van der Waals surface area contributed by atoms with Gasteiger partial charge in [-0.1, -0.05) is 0 Å². The van der Waals surface area contributed by atoms with Crippen molar-refractivity contribution in [2.24, 2.45) is 0 Å². The van der Waals surface area contributed by atoms with Crippen molar-refractivity contribution in [2.45, 2.75) is 98.2 Å². The molecule has 0 aromatic carbocycles. The molecule has 16 N–H and O–H groups in total. The number of nitrogens with zero attached hydrogens (tertiary/aromatic N) is 7. The first-order chi connectivity index (χ1) is 37.6. The lowest BCUT2D eigenvalue weighted by atomic mass is 10.1. The lowest BCUT2D eigenvalue weighted by Gasteiger charge is -2.26. The first-order valence-corrected chi connectivity index (χ1v) is 27.4. The zero-order valence-electron chi connectivity index (χ0n) is 40.0. The number of imidazole rings is 1. The molecule has 4 aliphatic rings. The Labute approximate surface area is 440 Å². The van der Waals surface area contributed by atoms with Crippen LogP contribution in [0.15, 0.2) is 71.9 Å². The molecule has 3 unspecified atom stereocenters. The number of hydrogen-bond acceptors (Lipinski definition) is 30. The van der Waals surface area contributed by atoms with E-state index in [-0.39, 0.29) is 22.9 Å². The Balaban J connectivity index is 0.907. The van der Waals surface area contributed by atoms with Gasteiger partial charge in [0.2, 0.25) is 5.95 Å². The average molecular weight is 1200 g/mol. The highest BCUT2D eigenvalue weighted by Crippen LogP contribution is 2.54. The average Bonchev–Trinajstić information content (AvgIpc) is 4.30. The van der Waals surface area contributed by atoms with Gasteiger partial charge >= 0.3 is 40.5 Å². The van der Waals surface area contributed by atoms with Crippen LogP contribution < -0.4 is 45.2 Å². The minimum absolute atomic E-state index is 0.207. The van der Waals surface area contributed by atoms with Crippen molar-refractivity contribution in [3.63, 3.8) is 0 Å². The fourth-order valence-electron chi connectivity index (χ4n) is 8.81. The van der Waals surface area contributed by atoms with Gasteiger partial charge in [-0.15, -0.1) is 0 Å². The maximum Gasteiger partial charge on any atom is 0.472 e. The molecule has 0 amide bonds. The van der Waals surface area contributed by atoms with E-state index in [1.165, 1.54) is 0 Å². The summed E-state index contributed by atoms with van der Waals surface area (Å²) in [5.74, 6) is -0.658. The van der Waals surface area contributed by atoms with E-state index >= 15 is 0 Å². The number of nitrogens with two attached hydrogens (primary N) is 2. The number of aliphatic hydroxyl groups excluding tert-OH is 6. The maximum atomic E-state index is 13.8. The van der Waals surface area contributed by atoms with Crippen LogP contribution in [0, 0.1) is 0 Å². The number of hydrogen-bond donors (Lipinski definition) is 14. The van der Waals surface area contributed by atoms with Crippen LogP contribution in [0.2, 0.25) is 0 Å². The summed E-state index contributed by atoms with van der Waals surface area (Å²) in [6.45, 7) is -4.62. The highest BCUT2D eigenvalue weighted by Gasteiger charge is 2.55. The predicted molar refractivity (Wildman–Crippen MR) is 253 cm³/mol. The molecule has 0 spiro atoms. The molecule has 43 heteroatoms. The second-order valence-corrected chi connectivity index (χ2v) is 22.0. The largest absolute Gasteiger partial charge is 0.472 e. The van der Waals surface area contributed by atoms with Crippen molar-refractivity contribution < 1.29 is 105 Å². The molecule has 4 saturated heterocycles. The number of H-pyrrole nitrogens is 3. The van der Waals surface area contributed by atoms with E-state index in [9.17, 15) is 87.8 Å². The second-order valence-electron chi connectivity index (χ2n) is 17.8. The summed E-state index contributed by atoms with van der Waals surface area (Å²) in [7, 11) is -16.9. The lowest BCUT2D eigenvalue weighted by Crippen LogP contribution is -2.39. The summed E-state index contributed by atoms with van der Waals surface area (Å²) < 4.78 is 97.1. The number of phosphoric acid groups is 3. The van der Waals surface area contributed by atoms with Gasteiger partial charge in [0.1, 0.15) is 79.1 Å². The topological polar surface area (TPSA) is 586 Å². The quantitative estimate of drug-likeness (QED) is 0.0322. The number of ether oxygens (including phenoxy) is 4. The predicted octanol–water partition coefficient (Wildman–Crippen LogP) is -7.47. The number of nitrogens with one attached hydrogen (secondary N) is 3. The van der Waals surface area contributed by atoms with Gasteiger partial charge in [0, 0.05) is 30.7 Å². The number of nitrogen functional groups attached to an aromatic ring is 2. The lowest BCUT2D eigenvalue weighted by molar-refractivity contribution is -0.0657. The monoisotopic (exact) mass is 1200 g/mol. The van der Waals surface area contributed by atoms with Crippen LogP contribution in [-0.2, 0) is 59.8 Å². The van der Waals surface area contributed by atoms with E-state index in [2.05, 4.69) is 19.9 Å². The molecule has 5 aromatic rings. The third-order valence-corrected chi connectivity index (χ3v) is 15.5. The molecule has 0 radical (unpaired) electrons. The maximum absolute atomic E-state index is 13.8. The minimum atomic E-state index is -5.76. The summed E-state index contributed by atoms with van der Waals surface area (Å²) in [4.78, 5) is 124. The van der Waals surface area contributed by atoms with Gasteiger partial charge in [-0.05, 0) is 6.07 Å². The normalized spacial score (nSPS) is 33.0. The van der Waals surface area contributed by atoms with E-state index in [0.29, 0.717) is 13.7 Å². The Kier molecular flexibility index (Phi) is 16.8. The van der Waals surface area contributed by atoms with Gasteiger partial charge in [0.05, 0.1) is 32.8 Å². The van der Waals surface area contributed by atoms with Crippen molar-refractivity contribution in [1.29, 1.82) is 0 Å². The minimum Gasteiger partial charge on any atom is -0.394 e. The standard InChI is InChI=1S/C37H47N12O28P3/c38-16-1-4-46(35(59)41-16)31-23(56)26(14(73-31)9-69-79(64,65)75-25-12(7-50)71-33(22(25)55)49-11-40-19-28(49)44-34(39)45-29(19)58)77-80(66,67)70-10-15-27(24(57)32(74-15)48-6-3-18(52)43-37(48)61)76-78(62,63)68-8-13-20(53)21(54)30(72-13)47-5-2-17(51)42-36(47)60/h1-6,11-15,20-27,30-33,50,53-57H,7-10H2,(H,62,63)(H,64,65)(H,66,67)(H2,38,41,59)(H,42,51,60)(H,43,52,61)(H3,39,44,45,58)/t12-,13-,14-,15-,20-,21-,22-,23-,24-,25-,26-,27-,30-,31-,32-,33-/m1/s1. The molecule has 9 heterocycles. The van der Waals surface area contributed by atoms with Crippen molar-refractivity contribution in [2.75, 3.05) is 37.9 Å². The number of fused-ring (bicyclic) bond motifs is 1. The fourth-order valence-corrected chi connectivity index (χ4v) is 11.7. The first kappa shape index (κ1) is 58.8. The van der Waals surface area contributed by atoms with E-state index in [4.69, 9.17) is 57.6 Å². The molecule has 438 valence electrons. The zero-order chi connectivity index (χ0) is 57.9. The smallest absolute Gasteiger partial charge is 0.394 e. The molecule has 4 fully saturated rings. The van der Waals surface area contributed by atoms with Gasteiger partial charge in [-0.3, -0.25) is 74.7 Å².